The molecule has 2 heterocycles. The Kier molecular flexibility index (Phi) is 5.76. The second kappa shape index (κ2) is 8.80. The number of primary amides is 1. The van der Waals surface area contributed by atoms with E-state index < -0.39 is 5.91 Å². The fraction of sp³-hybridized carbons (Fsp3) is 0.182. The van der Waals surface area contributed by atoms with Gasteiger partial charge in [0, 0.05) is 29.4 Å². The lowest BCUT2D eigenvalue weighted by Crippen LogP contribution is -2.19. The van der Waals surface area contributed by atoms with Crippen LogP contribution in [0, 0.1) is 0 Å². The van der Waals surface area contributed by atoms with Gasteiger partial charge in [0.1, 0.15) is 24.5 Å². The molecule has 0 bridgehead atoms. The summed E-state index contributed by atoms with van der Waals surface area (Å²) in [5, 5.41) is 7.55. The van der Waals surface area contributed by atoms with Crippen LogP contribution in [0.5, 0.6) is 5.75 Å². The van der Waals surface area contributed by atoms with Crippen LogP contribution in [0.15, 0.2) is 60.9 Å². The fourth-order valence-corrected chi connectivity index (χ4v) is 3.04. The number of benzene rings is 2. The zero-order valence-electron chi connectivity index (χ0n) is 17.3. The first kappa shape index (κ1) is 20.3. The van der Waals surface area contributed by atoms with Crippen molar-refractivity contribution in [3.05, 3.63) is 66.5 Å². The SMILES string of the molecule is CN(C)CCOc1cccc(-c2cc(Nc3ccc(C(N)=O)cc3)nc3ncnn23)c1. The number of ether oxygens (including phenoxy) is 1. The number of fused-ring (bicyclic) bond motifs is 1. The fourth-order valence-electron chi connectivity index (χ4n) is 3.04. The molecule has 3 N–H and O–H groups in total. The van der Waals surface area contributed by atoms with Gasteiger partial charge in [0.2, 0.25) is 5.91 Å². The molecule has 9 nitrogen and oxygen atoms in total. The second-order valence-electron chi connectivity index (χ2n) is 7.24. The molecule has 1 amide bonds. The zero-order valence-corrected chi connectivity index (χ0v) is 17.3. The first-order valence-electron chi connectivity index (χ1n) is 9.75. The summed E-state index contributed by atoms with van der Waals surface area (Å²) >= 11 is 0. The molecule has 2 aromatic heterocycles. The molecular weight excluding hydrogens is 394 g/mol. The number of nitrogens with zero attached hydrogens (tertiary/aromatic N) is 5. The maximum Gasteiger partial charge on any atom is 0.254 e. The number of aromatic nitrogens is 4. The lowest BCUT2D eigenvalue weighted by atomic mass is 10.1. The van der Waals surface area contributed by atoms with Crippen molar-refractivity contribution >= 4 is 23.2 Å². The van der Waals surface area contributed by atoms with Gasteiger partial charge in [-0.15, -0.1) is 0 Å². The molecule has 0 radical (unpaired) electrons. The maximum atomic E-state index is 11.3. The molecule has 31 heavy (non-hydrogen) atoms. The molecular formula is C22H23N7O2. The Hall–Kier alpha value is -3.98. The monoisotopic (exact) mass is 417 g/mol. The maximum absolute atomic E-state index is 11.3. The van der Waals surface area contributed by atoms with Crippen LogP contribution < -0.4 is 15.8 Å². The molecule has 158 valence electrons. The van der Waals surface area contributed by atoms with Gasteiger partial charge in [-0.2, -0.15) is 19.6 Å². The van der Waals surface area contributed by atoms with Crippen LogP contribution >= 0.6 is 0 Å². The summed E-state index contributed by atoms with van der Waals surface area (Å²) in [6, 6.07) is 16.6. The number of anilines is 2. The van der Waals surface area contributed by atoms with Crippen molar-refractivity contribution in [2.45, 2.75) is 0 Å². The Morgan fingerprint density at radius 2 is 1.97 bits per heavy atom. The lowest BCUT2D eigenvalue weighted by molar-refractivity contribution is 0.100. The van der Waals surface area contributed by atoms with E-state index in [1.165, 1.54) is 6.33 Å². The lowest BCUT2D eigenvalue weighted by Gasteiger charge is -2.13. The van der Waals surface area contributed by atoms with Crippen LogP contribution in [0.25, 0.3) is 17.0 Å². The van der Waals surface area contributed by atoms with Crippen LogP contribution in [0.4, 0.5) is 11.5 Å². The molecule has 0 unspecified atom stereocenters. The van der Waals surface area contributed by atoms with Gasteiger partial charge in [-0.3, -0.25) is 4.79 Å². The zero-order chi connectivity index (χ0) is 21.8. The van der Waals surface area contributed by atoms with E-state index in [1.54, 1.807) is 28.8 Å². The van der Waals surface area contributed by atoms with E-state index in [0.29, 0.717) is 23.8 Å². The molecule has 0 spiro atoms. The van der Waals surface area contributed by atoms with E-state index >= 15 is 0 Å². The van der Waals surface area contributed by atoms with Crippen molar-refractivity contribution in [3.8, 4) is 17.0 Å². The van der Waals surface area contributed by atoms with Crippen LogP contribution in [0.2, 0.25) is 0 Å². The highest BCUT2D eigenvalue weighted by molar-refractivity contribution is 5.93. The van der Waals surface area contributed by atoms with Crippen molar-refractivity contribution in [2.75, 3.05) is 32.6 Å². The van der Waals surface area contributed by atoms with Crippen LogP contribution in [0.3, 0.4) is 0 Å². The molecule has 2 aromatic carbocycles. The average Bonchev–Trinajstić information content (AvgIpc) is 3.22. The molecule has 0 fully saturated rings. The summed E-state index contributed by atoms with van der Waals surface area (Å²) < 4.78 is 7.55. The predicted octanol–water partition coefficient (Wildman–Crippen LogP) is 2.57. The van der Waals surface area contributed by atoms with E-state index in [1.807, 2.05) is 44.4 Å². The summed E-state index contributed by atoms with van der Waals surface area (Å²) in [7, 11) is 4.02. The van der Waals surface area contributed by atoms with E-state index in [2.05, 4.69) is 25.3 Å². The Labute approximate surface area is 179 Å². The molecule has 0 aliphatic rings. The Balaban J connectivity index is 1.64. The van der Waals surface area contributed by atoms with E-state index in [0.717, 1.165) is 29.2 Å². The van der Waals surface area contributed by atoms with Crippen molar-refractivity contribution in [1.82, 2.24) is 24.5 Å². The molecule has 0 saturated heterocycles. The smallest absolute Gasteiger partial charge is 0.254 e. The highest BCUT2D eigenvalue weighted by Crippen LogP contribution is 2.27. The van der Waals surface area contributed by atoms with Crippen LogP contribution in [0.1, 0.15) is 10.4 Å². The molecule has 0 aliphatic carbocycles. The van der Waals surface area contributed by atoms with Gasteiger partial charge in [-0.05, 0) is 50.5 Å². The van der Waals surface area contributed by atoms with Gasteiger partial charge in [0.05, 0.1) is 5.69 Å². The number of hydrogen-bond donors (Lipinski definition) is 2. The predicted molar refractivity (Wildman–Crippen MR) is 119 cm³/mol. The van der Waals surface area contributed by atoms with Gasteiger partial charge in [0.15, 0.2) is 0 Å². The Morgan fingerprint density at radius 1 is 1.16 bits per heavy atom. The van der Waals surface area contributed by atoms with Crippen molar-refractivity contribution in [1.29, 1.82) is 0 Å². The Morgan fingerprint density at radius 3 is 2.71 bits per heavy atom. The van der Waals surface area contributed by atoms with Gasteiger partial charge in [-0.1, -0.05) is 12.1 Å². The van der Waals surface area contributed by atoms with E-state index in [4.69, 9.17) is 10.5 Å². The van der Waals surface area contributed by atoms with Gasteiger partial charge in [-0.25, -0.2) is 0 Å². The summed E-state index contributed by atoms with van der Waals surface area (Å²) in [5.41, 5.74) is 8.26. The third kappa shape index (κ3) is 4.78. The third-order valence-corrected chi connectivity index (χ3v) is 4.63. The average molecular weight is 417 g/mol. The third-order valence-electron chi connectivity index (χ3n) is 4.63. The number of rotatable bonds is 8. The highest BCUT2D eigenvalue weighted by Gasteiger charge is 2.11. The quantitative estimate of drug-likeness (QED) is 0.453. The summed E-state index contributed by atoms with van der Waals surface area (Å²) in [4.78, 5) is 22.1. The van der Waals surface area contributed by atoms with Crippen molar-refractivity contribution in [3.63, 3.8) is 0 Å². The van der Waals surface area contributed by atoms with E-state index in [9.17, 15) is 4.79 Å². The summed E-state index contributed by atoms with van der Waals surface area (Å²) in [5.74, 6) is 1.37. The molecule has 4 aromatic rings. The molecule has 0 atom stereocenters. The molecule has 0 saturated carbocycles. The number of hydrogen-bond acceptors (Lipinski definition) is 7. The van der Waals surface area contributed by atoms with Crippen molar-refractivity contribution < 1.29 is 9.53 Å². The van der Waals surface area contributed by atoms with Crippen LogP contribution in [-0.2, 0) is 0 Å². The van der Waals surface area contributed by atoms with Crippen LogP contribution in [-0.4, -0.2) is 57.6 Å². The second-order valence-corrected chi connectivity index (χ2v) is 7.24. The molecule has 9 heteroatoms. The topological polar surface area (TPSA) is 111 Å². The standard InChI is InChI=1S/C22H23N7O2/c1-28(2)10-11-31-18-5-3-4-16(12-18)19-13-20(27-22-24-14-25-29(19)22)26-17-8-6-15(7-9-17)21(23)30/h3-9,12-14H,10-11H2,1-2H3,(H2,23,30)(H,24,25,26,27). The van der Waals surface area contributed by atoms with Crippen molar-refractivity contribution in [2.24, 2.45) is 5.73 Å². The highest BCUT2D eigenvalue weighted by atomic mass is 16.5. The summed E-state index contributed by atoms with van der Waals surface area (Å²) in [6.45, 7) is 1.43. The number of carbonyl (C=O) groups is 1. The Bertz CT molecular complexity index is 1200. The minimum absolute atomic E-state index is 0.443. The first-order valence-corrected chi connectivity index (χ1v) is 9.75. The van der Waals surface area contributed by atoms with Gasteiger partial charge < -0.3 is 20.7 Å². The number of amides is 1. The number of likely N-dealkylation sites (N-methyl/N-ethyl adjacent to an activating group) is 1. The normalized spacial score (nSPS) is 11.1. The largest absolute Gasteiger partial charge is 0.492 e. The first-order chi connectivity index (χ1) is 15.0. The minimum Gasteiger partial charge on any atom is -0.492 e. The van der Waals surface area contributed by atoms with Gasteiger partial charge in [0.25, 0.3) is 5.78 Å². The van der Waals surface area contributed by atoms with E-state index in [-0.39, 0.29) is 0 Å². The number of carbonyl (C=O) groups excluding carboxylic acids is 1. The number of nitrogens with two attached hydrogens (primary N) is 1. The molecule has 0 aliphatic heterocycles. The minimum atomic E-state index is -0.468. The summed E-state index contributed by atoms with van der Waals surface area (Å²) in [6.07, 6.45) is 1.47. The number of nitrogens with one attached hydrogen (secondary N) is 1. The molecule has 4 rings (SSSR count). The van der Waals surface area contributed by atoms with Gasteiger partial charge >= 0.3 is 0 Å².